The normalized spacial score (nSPS) is 12.9. The van der Waals surface area contributed by atoms with Gasteiger partial charge in [-0.2, -0.15) is 0 Å². The summed E-state index contributed by atoms with van der Waals surface area (Å²) in [5.74, 6) is 0. The summed E-state index contributed by atoms with van der Waals surface area (Å²) >= 11 is 0. The highest BCUT2D eigenvalue weighted by Gasteiger charge is 2.52. The van der Waals surface area contributed by atoms with Crippen LogP contribution in [0.3, 0.4) is 0 Å². The van der Waals surface area contributed by atoms with Crippen molar-refractivity contribution in [2.45, 2.75) is 5.41 Å². The molecular weight excluding hydrogens is 859 g/mol. The summed E-state index contributed by atoms with van der Waals surface area (Å²) in [6, 6.07) is 96.0. The topological polar surface area (TPSA) is 16.4 Å². The Labute approximate surface area is 412 Å². The van der Waals surface area contributed by atoms with E-state index < -0.39 is 5.41 Å². The molecule has 0 aliphatic heterocycles. The standard InChI is InChI=1S/C69H43NO/c1-2-14-48-41-50(32-31-44(48)13-1)53-36-35-51-42-49(33-34-52(51)43-53)47-29-27-45(28-30-47)46-37-39-54(40-38-46)70(65-25-11-19-58-57-17-6-10-26-66(57)71-68(58)65)64-24-12-23-63-67(64)59-18-5-9-22-62(59)69(63)60-20-7-3-15-55(60)56-16-4-8-21-61(56)69/h1-43H. The third-order valence-corrected chi connectivity index (χ3v) is 15.5. The number of benzene rings is 12. The van der Waals surface area contributed by atoms with E-state index in [1.54, 1.807) is 0 Å². The SMILES string of the molecule is c1ccc2c(c1)-c1ccccc1C21c2ccccc2-c2c(N(c3ccc(-c4ccc(-c5ccc6cc(-c7ccc8ccccc8c7)ccc6c5)cc4)cc3)c3cccc4c3oc3ccccc34)cccc21. The summed E-state index contributed by atoms with van der Waals surface area (Å²) in [7, 11) is 0. The van der Waals surface area contributed by atoms with Crippen molar-refractivity contribution in [1.82, 2.24) is 0 Å². The molecule has 2 nitrogen and oxygen atoms in total. The maximum absolute atomic E-state index is 6.84. The van der Waals surface area contributed by atoms with Gasteiger partial charge in [-0.15, -0.1) is 0 Å². The van der Waals surface area contributed by atoms with Gasteiger partial charge in [0.1, 0.15) is 5.58 Å². The second-order valence-electron chi connectivity index (χ2n) is 19.1. The largest absolute Gasteiger partial charge is 0.454 e. The molecule has 0 N–H and O–H groups in total. The maximum Gasteiger partial charge on any atom is 0.159 e. The second-order valence-corrected chi connectivity index (χ2v) is 19.1. The number of hydrogen-bond donors (Lipinski definition) is 0. The molecule has 15 rings (SSSR count). The van der Waals surface area contributed by atoms with Gasteiger partial charge in [-0.05, 0) is 142 Å². The minimum atomic E-state index is -0.461. The lowest BCUT2D eigenvalue weighted by atomic mass is 9.70. The first kappa shape index (κ1) is 39.7. The molecule has 0 amide bonds. The summed E-state index contributed by atoms with van der Waals surface area (Å²) in [6.45, 7) is 0. The maximum atomic E-state index is 6.84. The number of fused-ring (bicyclic) bond motifs is 15. The van der Waals surface area contributed by atoms with Crippen LogP contribution in [-0.2, 0) is 5.41 Å². The van der Waals surface area contributed by atoms with Gasteiger partial charge in [0.25, 0.3) is 0 Å². The molecule has 2 heteroatoms. The van der Waals surface area contributed by atoms with Crippen molar-refractivity contribution in [3.05, 3.63) is 283 Å². The molecule has 0 radical (unpaired) electrons. The third-order valence-electron chi connectivity index (χ3n) is 15.5. The molecule has 12 aromatic carbocycles. The van der Waals surface area contributed by atoms with E-state index in [0.717, 1.165) is 44.6 Å². The van der Waals surface area contributed by atoms with E-state index in [1.165, 1.54) is 93.9 Å². The van der Waals surface area contributed by atoms with E-state index in [-0.39, 0.29) is 0 Å². The van der Waals surface area contributed by atoms with Gasteiger partial charge in [-0.3, -0.25) is 0 Å². The molecule has 0 fully saturated rings. The zero-order valence-electron chi connectivity index (χ0n) is 38.7. The molecule has 71 heavy (non-hydrogen) atoms. The molecule has 1 spiro atoms. The van der Waals surface area contributed by atoms with E-state index in [1.807, 2.05) is 0 Å². The predicted octanol–water partition coefficient (Wildman–Crippen LogP) is 18.7. The van der Waals surface area contributed by atoms with Crippen LogP contribution in [0.1, 0.15) is 22.3 Å². The number of furan rings is 1. The van der Waals surface area contributed by atoms with Gasteiger partial charge >= 0.3 is 0 Å². The Kier molecular flexibility index (Phi) is 8.61. The Morgan fingerprint density at radius 3 is 1.41 bits per heavy atom. The summed E-state index contributed by atoms with van der Waals surface area (Å²) < 4.78 is 6.84. The highest BCUT2D eigenvalue weighted by Crippen LogP contribution is 2.65. The van der Waals surface area contributed by atoms with E-state index >= 15 is 0 Å². The van der Waals surface area contributed by atoms with Gasteiger partial charge in [-0.1, -0.05) is 212 Å². The first-order valence-electron chi connectivity index (χ1n) is 24.6. The second kappa shape index (κ2) is 15.4. The molecule has 0 unspecified atom stereocenters. The molecule has 330 valence electrons. The Morgan fingerprint density at radius 1 is 0.296 bits per heavy atom. The zero-order chi connectivity index (χ0) is 46.6. The number of para-hydroxylation sites is 2. The number of rotatable bonds is 6. The third kappa shape index (κ3) is 5.89. The summed E-state index contributed by atoms with van der Waals surface area (Å²) in [5, 5.41) is 7.20. The number of hydrogen-bond acceptors (Lipinski definition) is 2. The molecule has 0 saturated heterocycles. The molecule has 2 aliphatic carbocycles. The average molecular weight is 902 g/mol. The molecule has 2 aliphatic rings. The summed E-state index contributed by atoms with van der Waals surface area (Å²) in [4.78, 5) is 2.43. The smallest absolute Gasteiger partial charge is 0.159 e. The van der Waals surface area contributed by atoms with E-state index in [9.17, 15) is 0 Å². The highest BCUT2D eigenvalue weighted by atomic mass is 16.3. The molecular formula is C69H43NO. The zero-order valence-corrected chi connectivity index (χ0v) is 38.7. The van der Waals surface area contributed by atoms with Crippen LogP contribution in [0.4, 0.5) is 17.1 Å². The van der Waals surface area contributed by atoms with E-state index in [4.69, 9.17) is 4.42 Å². The molecule has 1 heterocycles. The lowest BCUT2D eigenvalue weighted by Gasteiger charge is -2.31. The molecule has 0 saturated carbocycles. The fourth-order valence-corrected chi connectivity index (χ4v) is 12.3. The minimum absolute atomic E-state index is 0.461. The van der Waals surface area contributed by atoms with Crippen LogP contribution in [-0.4, -0.2) is 0 Å². The van der Waals surface area contributed by atoms with Crippen molar-refractivity contribution >= 4 is 60.5 Å². The van der Waals surface area contributed by atoms with Crippen LogP contribution in [0.25, 0.3) is 99.1 Å². The molecule has 1 aromatic heterocycles. The summed E-state index contributed by atoms with van der Waals surface area (Å²) in [6.07, 6.45) is 0. The first-order chi connectivity index (χ1) is 35.2. The van der Waals surface area contributed by atoms with Crippen molar-refractivity contribution in [2.75, 3.05) is 4.90 Å². The van der Waals surface area contributed by atoms with Gasteiger partial charge in [-0.25, -0.2) is 0 Å². The van der Waals surface area contributed by atoms with Crippen LogP contribution in [0.5, 0.6) is 0 Å². The monoisotopic (exact) mass is 901 g/mol. The van der Waals surface area contributed by atoms with Crippen molar-refractivity contribution in [2.24, 2.45) is 0 Å². The van der Waals surface area contributed by atoms with Crippen LogP contribution >= 0.6 is 0 Å². The lowest BCUT2D eigenvalue weighted by Crippen LogP contribution is -2.26. The Bertz CT molecular complexity index is 4240. The highest BCUT2D eigenvalue weighted by molar-refractivity contribution is 6.11. The average Bonchev–Trinajstić information content (AvgIpc) is 4.08. The fraction of sp³-hybridized carbons (Fsp3) is 0.0145. The van der Waals surface area contributed by atoms with Crippen LogP contribution in [0, 0.1) is 0 Å². The predicted molar refractivity (Wildman–Crippen MR) is 296 cm³/mol. The molecule has 13 aromatic rings. The van der Waals surface area contributed by atoms with Crippen molar-refractivity contribution in [3.8, 4) is 55.6 Å². The summed E-state index contributed by atoms with van der Waals surface area (Å²) in [5.41, 5.74) is 22.0. The van der Waals surface area contributed by atoms with Gasteiger partial charge in [0.2, 0.25) is 0 Å². The van der Waals surface area contributed by atoms with Crippen molar-refractivity contribution < 1.29 is 4.42 Å². The van der Waals surface area contributed by atoms with Gasteiger partial charge in [0.15, 0.2) is 5.58 Å². The van der Waals surface area contributed by atoms with Crippen LogP contribution < -0.4 is 4.90 Å². The Morgan fingerprint density at radius 2 is 0.732 bits per heavy atom. The minimum Gasteiger partial charge on any atom is -0.454 e. The Hall–Kier alpha value is -9.24. The number of anilines is 3. The number of nitrogens with zero attached hydrogens (tertiary/aromatic N) is 1. The van der Waals surface area contributed by atoms with E-state index in [2.05, 4.69) is 266 Å². The molecule has 0 atom stereocenters. The van der Waals surface area contributed by atoms with E-state index in [0.29, 0.717) is 0 Å². The van der Waals surface area contributed by atoms with Crippen molar-refractivity contribution in [3.63, 3.8) is 0 Å². The lowest BCUT2D eigenvalue weighted by molar-refractivity contribution is 0.669. The molecule has 0 bridgehead atoms. The quantitative estimate of drug-likeness (QED) is 0.165. The van der Waals surface area contributed by atoms with Gasteiger partial charge < -0.3 is 9.32 Å². The van der Waals surface area contributed by atoms with Crippen LogP contribution in [0.15, 0.2) is 265 Å². The van der Waals surface area contributed by atoms with Gasteiger partial charge in [0, 0.05) is 22.0 Å². The first-order valence-corrected chi connectivity index (χ1v) is 24.6. The fourth-order valence-electron chi connectivity index (χ4n) is 12.3. The van der Waals surface area contributed by atoms with Crippen LogP contribution in [0.2, 0.25) is 0 Å². The van der Waals surface area contributed by atoms with Crippen molar-refractivity contribution in [1.29, 1.82) is 0 Å². The Balaban J connectivity index is 0.828. The van der Waals surface area contributed by atoms with Gasteiger partial charge in [0.05, 0.1) is 16.8 Å².